The van der Waals surface area contributed by atoms with Crippen molar-refractivity contribution in [2.45, 2.75) is 45.1 Å². The van der Waals surface area contributed by atoms with Gasteiger partial charge in [0.25, 0.3) is 0 Å². The lowest BCUT2D eigenvalue weighted by atomic mass is 9.80. The van der Waals surface area contributed by atoms with E-state index in [1.807, 2.05) is 6.07 Å². The number of ether oxygens (including phenoxy) is 2. The van der Waals surface area contributed by atoms with Crippen LogP contribution in [0.15, 0.2) is 10.5 Å². The fourth-order valence-corrected chi connectivity index (χ4v) is 3.89. The van der Waals surface area contributed by atoms with Crippen LogP contribution in [-0.2, 0) is 0 Å². The van der Waals surface area contributed by atoms with E-state index in [2.05, 4.69) is 35.1 Å². The van der Waals surface area contributed by atoms with E-state index >= 15 is 0 Å². The van der Waals surface area contributed by atoms with Crippen LogP contribution in [-0.4, -0.2) is 20.8 Å². The van der Waals surface area contributed by atoms with Crippen molar-refractivity contribution >= 4 is 15.9 Å². The minimum atomic E-state index is 0.350. The van der Waals surface area contributed by atoms with E-state index in [4.69, 9.17) is 9.47 Å². The highest BCUT2D eigenvalue weighted by Gasteiger charge is 2.31. The number of methoxy groups -OCH3 is 2. The summed E-state index contributed by atoms with van der Waals surface area (Å²) in [5.74, 6) is 2.22. The molecule has 0 amide bonds. The number of rotatable bonds is 5. The van der Waals surface area contributed by atoms with Gasteiger partial charge >= 0.3 is 0 Å². The van der Waals surface area contributed by atoms with Crippen LogP contribution < -0.4 is 14.8 Å². The molecule has 1 aromatic carbocycles. The zero-order chi connectivity index (χ0) is 14.7. The number of hydrogen-bond acceptors (Lipinski definition) is 3. The number of benzene rings is 1. The smallest absolute Gasteiger partial charge is 0.165 e. The molecule has 20 heavy (non-hydrogen) atoms. The van der Waals surface area contributed by atoms with E-state index in [-0.39, 0.29) is 0 Å². The molecule has 0 spiro atoms. The highest BCUT2D eigenvalue weighted by Crippen LogP contribution is 2.49. The normalized spacial score (nSPS) is 21.4. The van der Waals surface area contributed by atoms with E-state index in [0.29, 0.717) is 12.0 Å². The molecule has 0 bridgehead atoms. The van der Waals surface area contributed by atoms with Gasteiger partial charge in [-0.15, -0.1) is 0 Å². The number of hydrogen-bond donors (Lipinski definition) is 1. The summed E-state index contributed by atoms with van der Waals surface area (Å²) in [6.45, 7) is 5.50. The first-order valence-electron chi connectivity index (χ1n) is 7.31. The molecule has 1 aliphatic rings. The predicted molar refractivity (Wildman–Crippen MR) is 85.9 cm³/mol. The van der Waals surface area contributed by atoms with Crippen LogP contribution in [0.1, 0.15) is 56.2 Å². The molecule has 1 aromatic rings. The first-order valence-corrected chi connectivity index (χ1v) is 8.10. The Morgan fingerprint density at radius 2 is 2.00 bits per heavy atom. The topological polar surface area (TPSA) is 30.5 Å². The minimum absolute atomic E-state index is 0.350. The average Bonchev–Trinajstić information content (AvgIpc) is 2.45. The van der Waals surface area contributed by atoms with Crippen molar-refractivity contribution in [2.24, 2.45) is 0 Å². The van der Waals surface area contributed by atoms with E-state index in [1.165, 1.54) is 17.5 Å². The van der Waals surface area contributed by atoms with Crippen molar-refractivity contribution in [3.8, 4) is 11.5 Å². The van der Waals surface area contributed by atoms with Crippen LogP contribution in [0, 0.1) is 0 Å². The third-order valence-electron chi connectivity index (χ3n) is 4.07. The highest BCUT2D eigenvalue weighted by atomic mass is 79.9. The average molecular weight is 342 g/mol. The van der Waals surface area contributed by atoms with Crippen molar-refractivity contribution in [2.75, 3.05) is 20.8 Å². The first kappa shape index (κ1) is 15.6. The summed E-state index contributed by atoms with van der Waals surface area (Å²) in [6.07, 6.45) is 3.47. The van der Waals surface area contributed by atoms with Gasteiger partial charge in [0.15, 0.2) is 11.5 Å². The first-order chi connectivity index (χ1) is 9.63. The quantitative estimate of drug-likeness (QED) is 0.860. The van der Waals surface area contributed by atoms with Gasteiger partial charge in [-0.2, -0.15) is 0 Å². The summed E-state index contributed by atoms with van der Waals surface area (Å²) in [4.78, 5) is 0. The van der Waals surface area contributed by atoms with Gasteiger partial charge in [0.05, 0.1) is 14.2 Å². The van der Waals surface area contributed by atoms with Gasteiger partial charge < -0.3 is 14.8 Å². The molecular weight excluding hydrogens is 318 g/mol. The molecule has 3 nitrogen and oxygen atoms in total. The number of fused-ring (bicyclic) bond motifs is 1. The molecular formula is C16H24BrNO2. The van der Waals surface area contributed by atoms with E-state index in [0.717, 1.165) is 35.4 Å². The van der Waals surface area contributed by atoms with Gasteiger partial charge in [0.2, 0.25) is 0 Å². The lowest BCUT2D eigenvalue weighted by molar-refractivity contribution is 0.335. The van der Waals surface area contributed by atoms with Crippen LogP contribution in [0.25, 0.3) is 0 Å². The fourth-order valence-electron chi connectivity index (χ4n) is 3.08. The SMILES string of the molecule is CCCNC1CCC(C)c2c(Br)cc(OC)c(OC)c21. The molecule has 2 atom stereocenters. The van der Waals surface area contributed by atoms with Crippen molar-refractivity contribution in [3.05, 3.63) is 21.7 Å². The summed E-state index contributed by atoms with van der Waals surface area (Å²) in [7, 11) is 3.42. The third-order valence-corrected chi connectivity index (χ3v) is 4.72. The van der Waals surface area contributed by atoms with Crippen molar-refractivity contribution in [1.29, 1.82) is 0 Å². The lowest BCUT2D eigenvalue weighted by Crippen LogP contribution is -2.27. The maximum absolute atomic E-state index is 5.66. The van der Waals surface area contributed by atoms with Crippen LogP contribution in [0.2, 0.25) is 0 Å². The Hall–Kier alpha value is -0.740. The molecule has 0 aliphatic heterocycles. The largest absolute Gasteiger partial charge is 0.493 e. The Morgan fingerprint density at radius 3 is 2.60 bits per heavy atom. The second-order valence-electron chi connectivity index (χ2n) is 5.41. The van der Waals surface area contributed by atoms with Crippen molar-refractivity contribution < 1.29 is 9.47 Å². The third kappa shape index (κ3) is 2.82. The van der Waals surface area contributed by atoms with E-state index in [9.17, 15) is 0 Å². The second kappa shape index (κ2) is 6.81. The molecule has 4 heteroatoms. The highest BCUT2D eigenvalue weighted by molar-refractivity contribution is 9.10. The summed E-state index contributed by atoms with van der Waals surface area (Å²) in [5.41, 5.74) is 2.63. The summed E-state index contributed by atoms with van der Waals surface area (Å²) in [6, 6.07) is 2.37. The molecule has 1 N–H and O–H groups in total. The molecule has 0 saturated heterocycles. The molecule has 0 radical (unpaired) electrons. The zero-order valence-electron chi connectivity index (χ0n) is 12.8. The molecule has 0 fully saturated rings. The van der Waals surface area contributed by atoms with Crippen LogP contribution >= 0.6 is 15.9 Å². The van der Waals surface area contributed by atoms with Crippen LogP contribution in [0.5, 0.6) is 11.5 Å². The van der Waals surface area contributed by atoms with Gasteiger partial charge in [-0.05, 0) is 43.4 Å². The molecule has 2 unspecified atom stereocenters. The summed E-state index contributed by atoms with van der Waals surface area (Å²) >= 11 is 3.71. The molecule has 0 aromatic heterocycles. The summed E-state index contributed by atoms with van der Waals surface area (Å²) < 4.78 is 12.3. The van der Waals surface area contributed by atoms with E-state index < -0.39 is 0 Å². The lowest BCUT2D eigenvalue weighted by Gasteiger charge is -2.33. The number of halogens is 1. The van der Waals surface area contributed by atoms with Gasteiger partial charge in [-0.3, -0.25) is 0 Å². The van der Waals surface area contributed by atoms with Gasteiger partial charge in [0, 0.05) is 16.1 Å². The van der Waals surface area contributed by atoms with Crippen molar-refractivity contribution in [1.82, 2.24) is 5.32 Å². The monoisotopic (exact) mass is 341 g/mol. The maximum Gasteiger partial charge on any atom is 0.165 e. The van der Waals surface area contributed by atoms with Crippen LogP contribution in [0.4, 0.5) is 0 Å². The molecule has 112 valence electrons. The van der Waals surface area contributed by atoms with E-state index in [1.54, 1.807) is 14.2 Å². The van der Waals surface area contributed by atoms with Gasteiger partial charge in [0.1, 0.15) is 0 Å². The molecule has 2 rings (SSSR count). The molecule has 0 saturated carbocycles. The number of nitrogens with one attached hydrogen (secondary N) is 1. The Kier molecular flexibility index (Phi) is 5.33. The Bertz CT molecular complexity index is 476. The molecule has 0 heterocycles. The van der Waals surface area contributed by atoms with Crippen molar-refractivity contribution in [3.63, 3.8) is 0 Å². The Morgan fingerprint density at radius 1 is 1.25 bits per heavy atom. The Labute approximate surface area is 130 Å². The van der Waals surface area contributed by atoms with Gasteiger partial charge in [-0.1, -0.05) is 29.8 Å². The second-order valence-corrected chi connectivity index (χ2v) is 6.26. The standard InChI is InChI=1S/C16H24BrNO2/c1-5-8-18-12-7-6-10(2)14-11(17)9-13(19-3)16(20-4)15(12)14/h9-10,12,18H,5-8H2,1-4H3. The zero-order valence-corrected chi connectivity index (χ0v) is 14.3. The fraction of sp³-hybridized carbons (Fsp3) is 0.625. The summed E-state index contributed by atoms with van der Waals surface area (Å²) in [5, 5.41) is 3.64. The van der Waals surface area contributed by atoms with Gasteiger partial charge in [-0.25, -0.2) is 0 Å². The molecule has 1 aliphatic carbocycles. The Balaban J connectivity index is 2.55. The van der Waals surface area contributed by atoms with Crippen LogP contribution in [0.3, 0.4) is 0 Å². The predicted octanol–water partition coefficient (Wildman–Crippen LogP) is 4.40. The minimum Gasteiger partial charge on any atom is -0.493 e. The maximum atomic E-state index is 5.66.